The van der Waals surface area contributed by atoms with Crippen molar-refractivity contribution in [2.24, 2.45) is 0 Å². The highest BCUT2D eigenvalue weighted by Gasteiger charge is 2.24. The van der Waals surface area contributed by atoms with E-state index >= 15 is 0 Å². The quantitative estimate of drug-likeness (QED) is 0.784. The molecule has 1 fully saturated rings. The lowest BCUT2D eigenvalue weighted by atomic mass is 10.2. The Kier molecular flexibility index (Phi) is 3.47. The number of rotatable bonds is 4. The third-order valence-corrected chi connectivity index (χ3v) is 3.99. The number of carbonyl (C=O) groups excluding carboxylic acids is 1. The summed E-state index contributed by atoms with van der Waals surface area (Å²) in [5.74, 6) is -0.170. The molecule has 1 aliphatic carbocycles. The first-order valence-corrected chi connectivity index (χ1v) is 6.92. The molecule has 1 atom stereocenters. The summed E-state index contributed by atoms with van der Waals surface area (Å²) in [4.78, 5) is 12.1. The maximum atomic E-state index is 12.0. The number of hydrogen-bond acceptors (Lipinski definition) is 3. The van der Waals surface area contributed by atoms with E-state index in [-0.39, 0.29) is 11.7 Å². The first-order valence-electron chi connectivity index (χ1n) is 5.60. The van der Waals surface area contributed by atoms with Crippen LogP contribution >= 0.6 is 0 Å². The summed E-state index contributed by atoms with van der Waals surface area (Å²) in [5, 5.41) is 2.82. The van der Waals surface area contributed by atoms with Crippen LogP contribution in [0.4, 0.5) is 5.69 Å². The minimum Gasteiger partial charge on any atom is -0.398 e. The van der Waals surface area contributed by atoms with Crippen molar-refractivity contribution < 1.29 is 9.00 Å². The van der Waals surface area contributed by atoms with E-state index in [4.69, 9.17) is 5.73 Å². The topological polar surface area (TPSA) is 72.2 Å². The monoisotopic (exact) mass is 252 g/mol. The zero-order valence-electron chi connectivity index (χ0n) is 9.73. The van der Waals surface area contributed by atoms with Crippen LogP contribution in [0.25, 0.3) is 0 Å². The molecule has 1 aromatic rings. The van der Waals surface area contributed by atoms with Crippen molar-refractivity contribution in [3.05, 3.63) is 23.8 Å². The van der Waals surface area contributed by atoms with Crippen LogP contribution in [0.15, 0.2) is 23.1 Å². The number of hydrogen-bond donors (Lipinski definition) is 2. The van der Waals surface area contributed by atoms with Gasteiger partial charge >= 0.3 is 0 Å². The largest absolute Gasteiger partial charge is 0.398 e. The van der Waals surface area contributed by atoms with Gasteiger partial charge in [0.05, 0.1) is 15.7 Å². The minimum atomic E-state index is -1.36. The normalized spacial score (nSPS) is 16.5. The molecule has 0 aromatic heterocycles. The number of carbonyl (C=O) groups is 1. The van der Waals surface area contributed by atoms with Gasteiger partial charge in [-0.3, -0.25) is 9.00 Å². The van der Waals surface area contributed by atoms with E-state index < -0.39 is 10.8 Å². The molecule has 0 bridgehead atoms. The molecule has 0 heterocycles. The summed E-state index contributed by atoms with van der Waals surface area (Å²) >= 11 is 0. The Morgan fingerprint density at radius 1 is 1.53 bits per heavy atom. The molecule has 5 heteroatoms. The SMILES string of the molecule is Cc1ccc(N)c(S(=O)CC(=O)NC2CC2)c1. The molecule has 1 aliphatic rings. The Labute approximate surface area is 103 Å². The first-order chi connectivity index (χ1) is 8.06. The van der Waals surface area contributed by atoms with Gasteiger partial charge in [-0.1, -0.05) is 6.07 Å². The number of benzene rings is 1. The van der Waals surface area contributed by atoms with E-state index in [0.29, 0.717) is 16.6 Å². The van der Waals surface area contributed by atoms with E-state index in [1.165, 1.54) is 0 Å². The van der Waals surface area contributed by atoms with Crippen LogP contribution in [0.3, 0.4) is 0 Å². The number of aryl methyl sites for hydroxylation is 1. The van der Waals surface area contributed by atoms with Gasteiger partial charge in [-0.2, -0.15) is 0 Å². The Morgan fingerprint density at radius 3 is 2.88 bits per heavy atom. The van der Waals surface area contributed by atoms with Crippen LogP contribution in [-0.2, 0) is 15.6 Å². The van der Waals surface area contributed by atoms with Gasteiger partial charge < -0.3 is 11.1 Å². The molecule has 1 amide bonds. The molecule has 17 heavy (non-hydrogen) atoms. The van der Waals surface area contributed by atoms with Crippen molar-refractivity contribution >= 4 is 22.4 Å². The van der Waals surface area contributed by atoms with Crippen molar-refractivity contribution in [3.63, 3.8) is 0 Å². The van der Waals surface area contributed by atoms with Crippen LogP contribution < -0.4 is 11.1 Å². The van der Waals surface area contributed by atoms with Crippen molar-refractivity contribution in [2.75, 3.05) is 11.5 Å². The summed E-state index contributed by atoms with van der Waals surface area (Å²) in [6.45, 7) is 1.91. The average Bonchev–Trinajstić information content (AvgIpc) is 3.05. The average molecular weight is 252 g/mol. The van der Waals surface area contributed by atoms with E-state index in [1.54, 1.807) is 12.1 Å². The maximum Gasteiger partial charge on any atom is 0.233 e. The van der Waals surface area contributed by atoms with E-state index in [9.17, 15) is 9.00 Å². The van der Waals surface area contributed by atoms with Crippen molar-refractivity contribution in [1.29, 1.82) is 0 Å². The summed E-state index contributed by atoms with van der Waals surface area (Å²) in [7, 11) is -1.36. The van der Waals surface area contributed by atoms with Crippen LogP contribution in [-0.4, -0.2) is 21.9 Å². The fourth-order valence-corrected chi connectivity index (χ4v) is 2.66. The van der Waals surface area contributed by atoms with E-state index in [0.717, 1.165) is 18.4 Å². The molecule has 92 valence electrons. The number of amides is 1. The molecule has 1 saturated carbocycles. The zero-order chi connectivity index (χ0) is 12.4. The Balaban J connectivity index is 2.02. The van der Waals surface area contributed by atoms with Gasteiger partial charge in [0.25, 0.3) is 0 Å². The Bertz CT molecular complexity index is 470. The highest BCUT2D eigenvalue weighted by atomic mass is 32.2. The fourth-order valence-electron chi connectivity index (χ4n) is 1.53. The zero-order valence-corrected chi connectivity index (χ0v) is 10.5. The number of nitrogens with one attached hydrogen (secondary N) is 1. The molecule has 0 saturated heterocycles. The second kappa shape index (κ2) is 4.87. The highest BCUT2D eigenvalue weighted by Crippen LogP contribution is 2.20. The van der Waals surface area contributed by atoms with Gasteiger partial charge in [0.15, 0.2) is 0 Å². The molecule has 0 radical (unpaired) electrons. The minimum absolute atomic E-state index is 0.00977. The van der Waals surface area contributed by atoms with E-state index in [1.807, 2.05) is 13.0 Å². The maximum absolute atomic E-state index is 12.0. The third kappa shape index (κ3) is 3.30. The first kappa shape index (κ1) is 12.1. The molecule has 0 aliphatic heterocycles. The van der Waals surface area contributed by atoms with Crippen LogP contribution in [0.5, 0.6) is 0 Å². The smallest absolute Gasteiger partial charge is 0.233 e. The molecular formula is C12H16N2O2S. The van der Waals surface area contributed by atoms with Crippen LogP contribution in [0, 0.1) is 6.92 Å². The van der Waals surface area contributed by atoms with Crippen LogP contribution in [0.2, 0.25) is 0 Å². The second-order valence-corrected chi connectivity index (χ2v) is 5.79. The molecule has 2 rings (SSSR count). The molecule has 1 aromatic carbocycles. The summed E-state index contributed by atoms with van der Waals surface area (Å²) < 4.78 is 12.0. The van der Waals surface area contributed by atoms with Crippen molar-refractivity contribution in [3.8, 4) is 0 Å². The Morgan fingerprint density at radius 2 is 2.24 bits per heavy atom. The molecule has 0 spiro atoms. The summed E-state index contributed by atoms with van der Waals surface area (Å²) in [5.41, 5.74) is 7.23. The standard InChI is InChI=1S/C12H16N2O2S/c1-8-2-5-10(13)11(6-8)17(16)7-12(15)14-9-3-4-9/h2,5-6,9H,3-4,7,13H2,1H3,(H,14,15). The summed E-state index contributed by atoms with van der Waals surface area (Å²) in [6.07, 6.45) is 2.07. The number of nitrogens with two attached hydrogens (primary N) is 1. The lowest BCUT2D eigenvalue weighted by Gasteiger charge is -2.07. The Hall–Kier alpha value is -1.36. The molecule has 1 unspecified atom stereocenters. The van der Waals surface area contributed by atoms with Gasteiger partial charge in [-0.05, 0) is 37.5 Å². The molecular weight excluding hydrogens is 236 g/mol. The summed E-state index contributed by atoms with van der Waals surface area (Å²) in [6, 6.07) is 5.66. The molecule has 4 nitrogen and oxygen atoms in total. The van der Waals surface area contributed by atoms with Crippen molar-refractivity contribution in [1.82, 2.24) is 5.32 Å². The van der Waals surface area contributed by atoms with Gasteiger partial charge in [0, 0.05) is 11.7 Å². The lowest BCUT2D eigenvalue weighted by molar-refractivity contribution is -0.118. The lowest BCUT2D eigenvalue weighted by Crippen LogP contribution is -2.30. The number of anilines is 1. The van der Waals surface area contributed by atoms with Crippen molar-refractivity contribution in [2.45, 2.75) is 30.7 Å². The third-order valence-electron chi connectivity index (χ3n) is 2.62. The number of nitrogen functional groups attached to an aromatic ring is 1. The van der Waals surface area contributed by atoms with Gasteiger partial charge in [-0.15, -0.1) is 0 Å². The molecule has 3 N–H and O–H groups in total. The predicted octanol–water partition coefficient (Wildman–Crippen LogP) is 0.963. The second-order valence-electron chi connectivity index (χ2n) is 4.37. The van der Waals surface area contributed by atoms with Gasteiger partial charge in [0.2, 0.25) is 5.91 Å². The van der Waals surface area contributed by atoms with Crippen LogP contribution in [0.1, 0.15) is 18.4 Å². The fraction of sp³-hybridized carbons (Fsp3) is 0.417. The van der Waals surface area contributed by atoms with Gasteiger partial charge in [-0.25, -0.2) is 0 Å². The van der Waals surface area contributed by atoms with Gasteiger partial charge in [0.1, 0.15) is 5.75 Å². The van der Waals surface area contributed by atoms with E-state index in [2.05, 4.69) is 5.32 Å². The predicted molar refractivity (Wildman–Crippen MR) is 68.0 cm³/mol. The highest BCUT2D eigenvalue weighted by molar-refractivity contribution is 7.86.